The van der Waals surface area contributed by atoms with Crippen LogP contribution >= 0.6 is 0 Å². The number of rotatable bonds is 23. The Kier molecular flexibility index (Phi) is 17.4. The van der Waals surface area contributed by atoms with Gasteiger partial charge in [-0.05, 0) is 80.7 Å². The van der Waals surface area contributed by atoms with Crippen LogP contribution in [-0.4, -0.2) is 109 Å². The van der Waals surface area contributed by atoms with Gasteiger partial charge in [0.25, 0.3) is 0 Å². The van der Waals surface area contributed by atoms with Crippen molar-refractivity contribution in [2.75, 3.05) is 59.4 Å². The fourth-order valence-corrected chi connectivity index (χ4v) is 8.68. The van der Waals surface area contributed by atoms with Crippen molar-refractivity contribution < 1.29 is 53.4 Å². The number of aliphatic hydroxyl groups excluding tert-OH is 3. The molecule has 4 N–H and O–H groups in total. The van der Waals surface area contributed by atoms with Gasteiger partial charge in [0, 0.05) is 44.2 Å². The van der Waals surface area contributed by atoms with Gasteiger partial charge < -0.3 is 49.2 Å². The van der Waals surface area contributed by atoms with Crippen LogP contribution in [0, 0.1) is 17.8 Å². The largest absolute Gasteiger partial charge is 0.459 e. The first-order valence-electron chi connectivity index (χ1n) is 20.7. The zero-order valence-electron chi connectivity index (χ0n) is 33.9. The quantitative estimate of drug-likeness (QED) is 0.0580. The lowest BCUT2D eigenvalue weighted by Gasteiger charge is -2.59. The van der Waals surface area contributed by atoms with Crippen molar-refractivity contribution in [2.45, 2.75) is 83.1 Å². The van der Waals surface area contributed by atoms with Gasteiger partial charge in [0.15, 0.2) is 0 Å². The van der Waals surface area contributed by atoms with Crippen LogP contribution in [0.2, 0.25) is 0 Å². The molecule has 14 nitrogen and oxygen atoms in total. The van der Waals surface area contributed by atoms with E-state index in [1.54, 1.807) is 30.0 Å². The summed E-state index contributed by atoms with van der Waals surface area (Å²) in [6.07, 6.45) is 7.24. The first kappa shape index (κ1) is 44.6. The third-order valence-electron chi connectivity index (χ3n) is 11.0. The number of amides is 2. The van der Waals surface area contributed by atoms with E-state index in [2.05, 4.69) is 23.1 Å². The van der Waals surface area contributed by atoms with Crippen molar-refractivity contribution in [3.8, 4) is 11.5 Å². The van der Waals surface area contributed by atoms with Crippen LogP contribution < -0.4 is 14.8 Å². The molecule has 0 unspecified atom stereocenters. The summed E-state index contributed by atoms with van der Waals surface area (Å²) in [6.45, 7) is 8.68. The molecule has 1 aliphatic heterocycles. The molecule has 0 aromatic heterocycles. The Morgan fingerprint density at radius 3 is 2.48 bits per heavy atom. The third kappa shape index (κ3) is 10.8. The molecule has 2 amide bonds. The van der Waals surface area contributed by atoms with E-state index < -0.39 is 29.9 Å². The molecule has 14 heteroatoms. The second kappa shape index (κ2) is 22.6. The molecule has 1 fully saturated rings. The number of oxime groups is 1. The number of ether oxygens (including phenoxy) is 5. The minimum Gasteiger partial charge on any atom is -0.459 e. The molecule has 2 aliphatic carbocycles. The second-order valence-corrected chi connectivity index (χ2v) is 14.6. The summed E-state index contributed by atoms with van der Waals surface area (Å²) >= 11 is 0. The summed E-state index contributed by atoms with van der Waals surface area (Å²) in [5.41, 5.74) is 3.27. The van der Waals surface area contributed by atoms with Gasteiger partial charge in [-0.25, -0.2) is 9.59 Å². The molecule has 58 heavy (non-hydrogen) atoms. The summed E-state index contributed by atoms with van der Waals surface area (Å²) in [6, 6.07) is 14.1. The number of hydrogen-bond acceptors (Lipinski definition) is 12. The highest BCUT2D eigenvalue weighted by molar-refractivity contribution is 6.03. The molecule has 3 aliphatic rings. The first-order chi connectivity index (χ1) is 28.3. The first-order valence-corrected chi connectivity index (χ1v) is 20.7. The fourth-order valence-electron chi connectivity index (χ4n) is 8.68. The van der Waals surface area contributed by atoms with Gasteiger partial charge in [-0.1, -0.05) is 60.5 Å². The Morgan fingerprint density at radius 1 is 1.00 bits per heavy atom. The monoisotopic (exact) mass is 807 g/mol. The smallest absolute Gasteiger partial charge is 0.412 e. The van der Waals surface area contributed by atoms with Crippen LogP contribution in [-0.2, 0) is 25.6 Å². The predicted molar refractivity (Wildman–Crippen MR) is 218 cm³/mol. The number of carbonyl (C=O) groups excluding carboxylic acids is 2. The van der Waals surface area contributed by atoms with E-state index in [0.29, 0.717) is 43.2 Å². The molecule has 0 saturated heterocycles. The van der Waals surface area contributed by atoms with E-state index in [-0.39, 0.29) is 77.0 Å². The van der Waals surface area contributed by atoms with E-state index >= 15 is 0 Å². The Labute approximate surface area is 341 Å². The molecular formula is C44H61N3O11. The average Bonchev–Trinajstić information content (AvgIpc) is 3.23. The van der Waals surface area contributed by atoms with Gasteiger partial charge in [-0.3, -0.25) is 4.90 Å². The molecule has 0 spiro atoms. The number of unbranched alkanes of at least 4 members (excludes halogenated alkanes) is 2. The average molecular weight is 808 g/mol. The number of carbonyl (C=O) groups is 2. The lowest BCUT2D eigenvalue weighted by molar-refractivity contribution is -0.256. The van der Waals surface area contributed by atoms with Crippen LogP contribution in [0.5, 0.6) is 11.5 Å². The topological polar surface area (TPSA) is 178 Å². The molecule has 1 heterocycles. The number of hydrogen-bond donors (Lipinski definition) is 4. The Balaban J connectivity index is 1.69. The molecular weight excluding hydrogens is 746 g/mol. The molecule has 0 bridgehead atoms. The van der Waals surface area contributed by atoms with Crippen molar-refractivity contribution in [1.29, 1.82) is 0 Å². The summed E-state index contributed by atoms with van der Waals surface area (Å²) < 4.78 is 31.3. The predicted octanol–water partition coefficient (Wildman–Crippen LogP) is 6.10. The lowest BCUT2D eigenvalue weighted by atomic mass is 9.55. The van der Waals surface area contributed by atoms with Crippen LogP contribution in [0.3, 0.4) is 0 Å². The van der Waals surface area contributed by atoms with Gasteiger partial charge in [-0.15, -0.1) is 6.58 Å². The highest BCUT2D eigenvalue weighted by atomic mass is 16.7. The van der Waals surface area contributed by atoms with Gasteiger partial charge >= 0.3 is 12.2 Å². The Bertz CT molecular complexity index is 1690. The van der Waals surface area contributed by atoms with Crippen LogP contribution in [0.15, 0.2) is 78.0 Å². The van der Waals surface area contributed by atoms with Crippen molar-refractivity contribution >= 4 is 17.9 Å². The molecule has 2 aromatic rings. The maximum atomic E-state index is 14.0. The van der Waals surface area contributed by atoms with Crippen molar-refractivity contribution in [1.82, 2.24) is 10.2 Å². The number of aliphatic hydroxyl groups is 3. The molecule has 0 radical (unpaired) electrons. The Morgan fingerprint density at radius 2 is 1.78 bits per heavy atom. The molecule has 6 atom stereocenters. The number of allylic oxidation sites excluding steroid dienone is 1. The van der Waals surface area contributed by atoms with Gasteiger partial charge in [0.05, 0.1) is 44.7 Å². The van der Waals surface area contributed by atoms with Crippen LogP contribution in [0.1, 0.15) is 75.8 Å². The van der Waals surface area contributed by atoms with Crippen molar-refractivity contribution in [3.63, 3.8) is 0 Å². The van der Waals surface area contributed by atoms with Gasteiger partial charge in [-0.2, -0.15) is 0 Å². The zero-order chi connectivity index (χ0) is 41.3. The highest BCUT2D eigenvalue weighted by Gasteiger charge is 2.65. The highest BCUT2D eigenvalue weighted by Crippen LogP contribution is 2.62. The zero-order valence-corrected chi connectivity index (χ0v) is 33.9. The number of fused-ring (bicyclic) bond motifs is 2. The number of nitrogens with one attached hydrogen (secondary N) is 1. The maximum absolute atomic E-state index is 14.0. The third-order valence-corrected chi connectivity index (χ3v) is 11.0. The molecule has 5 rings (SSSR count). The standard InChI is InChI=1S/C44H61N3O11/c1-4-24-55-44-39(47(43(52)54-5-2)20-25-53-26-23-50)29-37(46-56-6-3)35-27-32(16-10-12-21-48)34(17-11-13-22-49)40(41(35)44)36-28-33(18-19-38(36)58-44)57-42(51)45-30-31-14-8-7-9-15-31/h4,7-9,14-15,18-19,27-28,32,34,39-41,48-50H,1,5-6,10-13,16-17,20-26,29-30H2,2-3H3,(H,45,51)/t32-,34+,39-,40+,41+,44+/m0/s1. The van der Waals surface area contributed by atoms with Gasteiger partial charge in [0.1, 0.15) is 24.1 Å². The molecule has 1 saturated carbocycles. The lowest BCUT2D eigenvalue weighted by Crippen LogP contribution is -2.70. The van der Waals surface area contributed by atoms with E-state index in [1.807, 2.05) is 43.3 Å². The molecule has 318 valence electrons. The van der Waals surface area contributed by atoms with Crippen LogP contribution in [0.4, 0.5) is 9.59 Å². The van der Waals surface area contributed by atoms with E-state index in [4.69, 9.17) is 28.5 Å². The minimum absolute atomic E-state index is 0.0217. The van der Waals surface area contributed by atoms with E-state index in [0.717, 1.165) is 42.4 Å². The van der Waals surface area contributed by atoms with Gasteiger partial charge in [0.2, 0.25) is 5.79 Å². The summed E-state index contributed by atoms with van der Waals surface area (Å²) in [5.74, 6) is -1.51. The van der Waals surface area contributed by atoms with Crippen molar-refractivity contribution in [3.05, 3.63) is 84.0 Å². The fraction of sp³-hybridized carbons (Fsp3) is 0.568. The second-order valence-electron chi connectivity index (χ2n) is 14.6. The summed E-state index contributed by atoms with van der Waals surface area (Å²) in [7, 11) is 0. The summed E-state index contributed by atoms with van der Waals surface area (Å²) in [4.78, 5) is 34.5. The maximum Gasteiger partial charge on any atom is 0.412 e. The summed E-state index contributed by atoms with van der Waals surface area (Å²) in [5, 5.41) is 36.6. The normalized spacial score (nSPS) is 23.8. The van der Waals surface area contributed by atoms with Crippen molar-refractivity contribution in [2.24, 2.45) is 22.9 Å². The van der Waals surface area contributed by atoms with E-state index in [1.165, 1.54) is 0 Å². The number of benzene rings is 2. The molecule has 2 aromatic carbocycles. The Hall–Kier alpha value is -4.47. The van der Waals surface area contributed by atoms with E-state index in [9.17, 15) is 24.9 Å². The minimum atomic E-state index is -1.49. The van der Waals surface area contributed by atoms with Crippen LogP contribution in [0.25, 0.3) is 0 Å². The number of nitrogens with zero attached hydrogens (tertiary/aromatic N) is 2. The SMILES string of the molecule is C=CCO[C@@]12Oc3ccc(OC(=O)NCc4ccccc4)cc3[C@H]3[C@H](CCCCO)[C@@H](CCCCO)C=C(C(=NOCC)C[C@@H]1N(CCOCCO)C(=O)OCC)[C@H]32.